The molecule has 0 spiro atoms. The molecule has 2 N–H and O–H groups in total. The first-order valence-corrected chi connectivity index (χ1v) is 15.0. The number of nitrogens with one attached hydrogen (secondary N) is 2. The highest BCUT2D eigenvalue weighted by Crippen LogP contribution is 2.34. The van der Waals surface area contributed by atoms with E-state index in [0.29, 0.717) is 47.8 Å². The average molecular weight is 677 g/mol. The third-order valence-electron chi connectivity index (χ3n) is 7.99. The molecule has 7 rings (SSSR count). The summed E-state index contributed by atoms with van der Waals surface area (Å²) in [6, 6.07) is 8.70. The SMILES string of the molecule is C[C@@H]1CCC[C@H](n2cnc(-c3cc(Cl)ccc3-n3cc(C(F)(F)F)nn3)cc2=O)c2cc(ccn2)-c2nn(-c3ncn[nH]3)cc2NC1=O. The molecule has 1 aliphatic heterocycles. The minimum absolute atomic E-state index is 0.167. The number of carbonyl (C=O) groups excluding carboxylic acids is 1. The Kier molecular flexibility index (Phi) is 7.82. The van der Waals surface area contributed by atoms with E-state index in [1.54, 1.807) is 24.5 Å². The molecule has 1 aromatic carbocycles. The summed E-state index contributed by atoms with van der Waals surface area (Å²) in [6.07, 6.45) is 3.58. The number of fused-ring (bicyclic) bond motifs is 4. The van der Waals surface area contributed by atoms with Gasteiger partial charge in [0.1, 0.15) is 12.0 Å². The molecule has 48 heavy (non-hydrogen) atoms. The van der Waals surface area contributed by atoms with E-state index < -0.39 is 23.5 Å². The summed E-state index contributed by atoms with van der Waals surface area (Å²) in [5.74, 6) is -0.188. The second-order valence-electron chi connectivity index (χ2n) is 11.2. The van der Waals surface area contributed by atoms with Crippen molar-refractivity contribution in [3.63, 3.8) is 0 Å². The van der Waals surface area contributed by atoms with Crippen LogP contribution in [0.3, 0.4) is 0 Å². The van der Waals surface area contributed by atoms with Crippen LogP contribution in [0.25, 0.3) is 34.2 Å². The third-order valence-corrected chi connectivity index (χ3v) is 8.22. The maximum atomic E-state index is 13.8. The topological polar surface area (TPSA) is 167 Å². The van der Waals surface area contributed by atoms with Crippen molar-refractivity contribution in [3.05, 3.63) is 94.4 Å². The van der Waals surface area contributed by atoms with E-state index in [0.717, 1.165) is 10.9 Å². The van der Waals surface area contributed by atoms with Crippen molar-refractivity contribution in [2.75, 3.05) is 5.32 Å². The molecule has 1 amide bonds. The number of anilines is 1. The van der Waals surface area contributed by atoms with E-state index in [1.165, 1.54) is 46.2 Å². The van der Waals surface area contributed by atoms with Gasteiger partial charge in [-0.2, -0.15) is 28.4 Å². The van der Waals surface area contributed by atoms with Crippen molar-refractivity contribution in [3.8, 4) is 34.2 Å². The fourth-order valence-corrected chi connectivity index (χ4v) is 5.70. The van der Waals surface area contributed by atoms with Crippen LogP contribution in [0.4, 0.5) is 18.9 Å². The Balaban J connectivity index is 1.29. The second kappa shape index (κ2) is 12.1. The summed E-state index contributed by atoms with van der Waals surface area (Å²) in [5.41, 5.74) is 1.16. The summed E-state index contributed by atoms with van der Waals surface area (Å²) in [5, 5.41) is 21.4. The number of benzene rings is 1. The number of H-pyrrole nitrogens is 1. The number of nitrogens with zero attached hydrogens (tertiary/aromatic N) is 10. The van der Waals surface area contributed by atoms with Crippen molar-refractivity contribution in [1.29, 1.82) is 0 Å². The minimum Gasteiger partial charge on any atom is -0.323 e. The normalized spacial score (nSPS) is 16.9. The first-order chi connectivity index (χ1) is 23.0. The van der Waals surface area contributed by atoms with Crippen LogP contribution in [0, 0.1) is 5.92 Å². The first-order valence-electron chi connectivity index (χ1n) is 14.7. The molecule has 6 heterocycles. The number of rotatable bonds is 4. The monoisotopic (exact) mass is 676 g/mol. The molecular formula is C30H24ClF3N12O2. The van der Waals surface area contributed by atoms with Gasteiger partial charge in [0, 0.05) is 34.3 Å². The molecule has 0 saturated carbocycles. The molecule has 0 unspecified atom stereocenters. The van der Waals surface area contributed by atoms with Gasteiger partial charge in [-0.05, 0) is 43.2 Å². The third kappa shape index (κ3) is 5.94. The minimum atomic E-state index is -4.69. The zero-order valence-electron chi connectivity index (χ0n) is 24.9. The summed E-state index contributed by atoms with van der Waals surface area (Å²) in [7, 11) is 0. The highest BCUT2D eigenvalue weighted by Gasteiger charge is 2.35. The molecular weight excluding hydrogens is 653 g/mol. The van der Waals surface area contributed by atoms with Crippen LogP contribution in [0.5, 0.6) is 0 Å². The van der Waals surface area contributed by atoms with E-state index in [9.17, 15) is 22.8 Å². The molecule has 2 bridgehead atoms. The zero-order valence-corrected chi connectivity index (χ0v) is 25.7. The van der Waals surface area contributed by atoms with E-state index in [2.05, 4.69) is 45.9 Å². The average Bonchev–Trinajstić information content (AvgIpc) is 3.84. The number of amides is 1. The summed E-state index contributed by atoms with van der Waals surface area (Å²) in [4.78, 5) is 40.2. The van der Waals surface area contributed by atoms with Crippen molar-refractivity contribution in [2.45, 2.75) is 38.4 Å². The van der Waals surface area contributed by atoms with Gasteiger partial charge in [-0.25, -0.2) is 19.4 Å². The first kappa shape index (κ1) is 30.9. The maximum absolute atomic E-state index is 13.8. The Bertz CT molecular complexity index is 2190. The number of aromatic amines is 1. The molecule has 2 atom stereocenters. The quantitative estimate of drug-likeness (QED) is 0.265. The Hall–Kier alpha value is -5.71. The maximum Gasteiger partial charge on any atom is 0.436 e. The predicted molar refractivity (Wildman–Crippen MR) is 165 cm³/mol. The van der Waals surface area contributed by atoms with Gasteiger partial charge < -0.3 is 5.32 Å². The molecule has 1 aliphatic rings. The van der Waals surface area contributed by atoms with Crippen LogP contribution < -0.4 is 10.9 Å². The summed E-state index contributed by atoms with van der Waals surface area (Å²) in [6.45, 7) is 1.83. The molecule has 244 valence electrons. The lowest BCUT2D eigenvalue weighted by Crippen LogP contribution is -2.27. The number of hydrogen-bond acceptors (Lipinski definition) is 9. The molecule has 0 aliphatic carbocycles. The van der Waals surface area contributed by atoms with E-state index in [-0.39, 0.29) is 33.8 Å². The smallest absolute Gasteiger partial charge is 0.323 e. The van der Waals surface area contributed by atoms with Gasteiger partial charge in [-0.3, -0.25) is 19.1 Å². The van der Waals surface area contributed by atoms with Crippen molar-refractivity contribution >= 4 is 23.2 Å². The van der Waals surface area contributed by atoms with Crippen molar-refractivity contribution in [2.24, 2.45) is 5.92 Å². The van der Waals surface area contributed by atoms with Gasteiger partial charge in [0.25, 0.3) is 5.56 Å². The van der Waals surface area contributed by atoms with Gasteiger partial charge in [0.15, 0.2) is 5.69 Å². The highest BCUT2D eigenvalue weighted by atomic mass is 35.5. The Morgan fingerprint density at radius 1 is 1.00 bits per heavy atom. The van der Waals surface area contributed by atoms with Gasteiger partial charge in [0.05, 0.1) is 47.5 Å². The standard InChI is InChI=1S/C30H24ClF3N12O2/c1-16-3-2-4-24(21-9-17(7-8-35-21)27-22(39-28(16)48)12-46(42-27)29-36-14-38-41-29)44-15-37-20(11-26(44)47)19-10-18(31)5-6-23(19)45-13-25(40-43-45)30(32,33)34/h5-16,24H,2-4H2,1H3,(H,39,48)(H,36,38,41)/t16-,24+/m1/s1. The lowest BCUT2D eigenvalue weighted by atomic mass is 9.97. The van der Waals surface area contributed by atoms with Crippen LogP contribution in [0.15, 0.2) is 72.4 Å². The molecule has 0 fully saturated rings. The molecule has 14 nitrogen and oxygen atoms in total. The van der Waals surface area contributed by atoms with Crippen LogP contribution in [0.2, 0.25) is 5.02 Å². The molecule has 0 saturated heterocycles. The summed E-state index contributed by atoms with van der Waals surface area (Å²) < 4.78 is 43.6. The van der Waals surface area contributed by atoms with E-state index in [4.69, 9.17) is 11.6 Å². The number of aromatic nitrogens is 11. The van der Waals surface area contributed by atoms with Crippen LogP contribution in [0.1, 0.15) is 43.6 Å². The molecule has 6 aromatic rings. The Morgan fingerprint density at radius 2 is 1.85 bits per heavy atom. The number of alkyl halides is 3. The van der Waals surface area contributed by atoms with Gasteiger partial charge in [0.2, 0.25) is 11.9 Å². The molecule has 18 heteroatoms. The second-order valence-corrected chi connectivity index (χ2v) is 11.6. The van der Waals surface area contributed by atoms with Gasteiger partial charge in [-0.15, -0.1) is 5.10 Å². The number of halogens is 4. The Morgan fingerprint density at radius 3 is 2.60 bits per heavy atom. The van der Waals surface area contributed by atoms with Crippen LogP contribution in [-0.4, -0.2) is 60.4 Å². The van der Waals surface area contributed by atoms with Gasteiger partial charge >= 0.3 is 6.18 Å². The summed E-state index contributed by atoms with van der Waals surface area (Å²) >= 11 is 6.25. The molecule has 0 radical (unpaired) electrons. The Labute approximate surface area is 273 Å². The highest BCUT2D eigenvalue weighted by molar-refractivity contribution is 6.31. The largest absolute Gasteiger partial charge is 0.436 e. The van der Waals surface area contributed by atoms with Crippen molar-refractivity contribution in [1.82, 2.24) is 54.5 Å². The number of carbonyl (C=O) groups is 1. The fourth-order valence-electron chi connectivity index (χ4n) is 5.52. The van der Waals surface area contributed by atoms with Crippen LogP contribution in [-0.2, 0) is 11.0 Å². The lowest BCUT2D eigenvalue weighted by Gasteiger charge is -2.22. The van der Waals surface area contributed by atoms with E-state index >= 15 is 0 Å². The fraction of sp³-hybridized carbons (Fsp3) is 0.233. The van der Waals surface area contributed by atoms with E-state index in [1.807, 2.05) is 6.92 Å². The lowest BCUT2D eigenvalue weighted by molar-refractivity contribution is -0.141. The van der Waals surface area contributed by atoms with Crippen molar-refractivity contribution < 1.29 is 18.0 Å². The van der Waals surface area contributed by atoms with Gasteiger partial charge in [-0.1, -0.05) is 30.2 Å². The number of hydrogen-bond donors (Lipinski definition) is 2. The van der Waals surface area contributed by atoms with Crippen LogP contribution >= 0.6 is 11.6 Å². The zero-order chi connectivity index (χ0) is 33.6. The number of pyridine rings is 1. The predicted octanol–water partition coefficient (Wildman–Crippen LogP) is 4.88. The molecule has 5 aromatic heterocycles.